The maximum Gasteiger partial charge on any atom is 0.0991 e. The monoisotopic (exact) mass is 197 g/mol. The second-order valence-electron chi connectivity index (χ2n) is 3.22. The molecule has 0 atom stereocenters. The van der Waals surface area contributed by atoms with Crippen molar-refractivity contribution in [3.05, 3.63) is 53.7 Å². The van der Waals surface area contributed by atoms with Crippen molar-refractivity contribution in [3.8, 4) is 6.07 Å². The minimum absolute atomic E-state index is 0.663. The van der Waals surface area contributed by atoms with Crippen LogP contribution in [0.15, 0.2) is 24.3 Å². The zero-order chi connectivity index (χ0) is 10.7. The van der Waals surface area contributed by atoms with E-state index in [1.165, 1.54) is 0 Å². The predicted octanol–water partition coefficient (Wildman–Crippen LogP) is 1.45. The highest BCUT2D eigenvalue weighted by Gasteiger charge is 2.03. The quantitative estimate of drug-likeness (QED) is 0.792. The summed E-state index contributed by atoms with van der Waals surface area (Å²) in [6.07, 6.45) is 0.706. The minimum Gasteiger partial charge on any atom is -0.262 e. The topological polar surface area (TPSA) is 65.4 Å². The largest absolute Gasteiger partial charge is 0.262 e. The normalized spacial score (nSPS) is 9.87. The number of aromatic amines is 1. The van der Waals surface area contributed by atoms with E-state index in [0.29, 0.717) is 17.7 Å². The molecule has 0 aliphatic heterocycles. The minimum atomic E-state index is 0.663. The Morgan fingerprint density at radius 3 is 2.60 bits per heavy atom. The zero-order valence-corrected chi connectivity index (χ0v) is 8.07. The summed E-state index contributed by atoms with van der Waals surface area (Å²) < 4.78 is 0. The summed E-state index contributed by atoms with van der Waals surface area (Å²) in [5.74, 6) is 0. The van der Waals surface area contributed by atoms with Gasteiger partial charge < -0.3 is 0 Å². The zero-order valence-electron chi connectivity index (χ0n) is 8.07. The second-order valence-corrected chi connectivity index (χ2v) is 3.22. The smallest absolute Gasteiger partial charge is 0.0991 e. The first-order chi connectivity index (χ1) is 7.29. The third kappa shape index (κ3) is 2.02. The van der Waals surface area contributed by atoms with E-state index in [1.807, 2.05) is 12.1 Å². The fourth-order valence-corrected chi connectivity index (χ4v) is 1.31. The standard InChI is InChI=1S/C11H9N4/c1-8-11(14-15-13-8)6-9-2-4-10(7-12)5-3-9/h2-5H,1,6H2,(H,13,14,15). The molecule has 4 heteroatoms. The van der Waals surface area contributed by atoms with Crippen molar-refractivity contribution < 1.29 is 0 Å². The highest BCUT2D eigenvalue weighted by molar-refractivity contribution is 5.33. The molecule has 2 aromatic rings. The molecule has 0 unspecified atom stereocenters. The van der Waals surface area contributed by atoms with Crippen LogP contribution >= 0.6 is 0 Å². The average molecular weight is 197 g/mol. The lowest BCUT2D eigenvalue weighted by molar-refractivity contribution is 0.914. The van der Waals surface area contributed by atoms with Gasteiger partial charge in [0.25, 0.3) is 0 Å². The molecule has 0 fully saturated rings. The Morgan fingerprint density at radius 1 is 1.33 bits per heavy atom. The molecule has 4 nitrogen and oxygen atoms in total. The van der Waals surface area contributed by atoms with E-state index in [9.17, 15) is 0 Å². The summed E-state index contributed by atoms with van der Waals surface area (Å²) in [6, 6.07) is 9.50. The summed E-state index contributed by atoms with van der Waals surface area (Å²) in [4.78, 5) is 0. The molecule has 1 aromatic heterocycles. The van der Waals surface area contributed by atoms with E-state index >= 15 is 0 Å². The van der Waals surface area contributed by atoms with Crippen LogP contribution in [0.4, 0.5) is 0 Å². The molecule has 0 saturated heterocycles. The van der Waals surface area contributed by atoms with Gasteiger partial charge in [0.15, 0.2) is 0 Å². The van der Waals surface area contributed by atoms with Crippen molar-refractivity contribution in [2.24, 2.45) is 0 Å². The summed E-state index contributed by atoms with van der Waals surface area (Å²) in [6.45, 7) is 3.75. The van der Waals surface area contributed by atoms with Crippen molar-refractivity contribution in [2.75, 3.05) is 0 Å². The van der Waals surface area contributed by atoms with Crippen LogP contribution in [0, 0.1) is 18.3 Å². The Morgan fingerprint density at radius 2 is 2.07 bits per heavy atom. The van der Waals surface area contributed by atoms with Gasteiger partial charge >= 0.3 is 0 Å². The van der Waals surface area contributed by atoms with Gasteiger partial charge in [0.1, 0.15) is 0 Å². The predicted molar refractivity (Wildman–Crippen MR) is 54.8 cm³/mol. The molecule has 0 aliphatic carbocycles. The Hall–Kier alpha value is -2.15. The van der Waals surface area contributed by atoms with Gasteiger partial charge in [0, 0.05) is 6.42 Å². The van der Waals surface area contributed by atoms with Crippen LogP contribution in [-0.2, 0) is 6.42 Å². The van der Waals surface area contributed by atoms with Gasteiger partial charge in [-0.25, -0.2) is 0 Å². The fourth-order valence-electron chi connectivity index (χ4n) is 1.31. The Balaban J connectivity index is 2.19. The number of nitrogens with one attached hydrogen (secondary N) is 1. The first-order valence-corrected chi connectivity index (χ1v) is 4.50. The molecule has 1 radical (unpaired) electrons. The van der Waals surface area contributed by atoms with E-state index in [0.717, 1.165) is 11.3 Å². The van der Waals surface area contributed by atoms with Gasteiger partial charge in [-0.2, -0.15) is 5.26 Å². The third-order valence-corrected chi connectivity index (χ3v) is 2.17. The molecule has 1 N–H and O–H groups in total. The molecule has 2 rings (SSSR count). The summed E-state index contributed by atoms with van der Waals surface area (Å²) in [5.41, 5.74) is 3.33. The van der Waals surface area contributed by atoms with E-state index < -0.39 is 0 Å². The van der Waals surface area contributed by atoms with Gasteiger partial charge in [0.2, 0.25) is 0 Å². The van der Waals surface area contributed by atoms with Crippen molar-refractivity contribution in [3.63, 3.8) is 0 Å². The molecule has 0 amide bonds. The Kier molecular flexibility index (Phi) is 2.46. The lowest BCUT2D eigenvalue weighted by Gasteiger charge is -1.99. The van der Waals surface area contributed by atoms with Crippen LogP contribution in [0.1, 0.15) is 22.5 Å². The van der Waals surface area contributed by atoms with E-state index in [1.54, 1.807) is 12.1 Å². The average Bonchev–Trinajstić information content (AvgIpc) is 2.66. The van der Waals surface area contributed by atoms with Gasteiger partial charge in [-0.1, -0.05) is 17.3 Å². The molecule has 15 heavy (non-hydrogen) atoms. The molecule has 1 aromatic carbocycles. The summed E-state index contributed by atoms with van der Waals surface area (Å²) >= 11 is 0. The highest BCUT2D eigenvalue weighted by atomic mass is 15.3. The molecular weight excluding hydrogens is 188 g/mol. The lowest BCUT2D eigenvalue weighted by atomic mass is 10.1. The number of benzene rings is 1. The van der Waals surface area contributed by atoms with Crippen LogP contribution in [0.3, 0.4) is 0 Å². The highest BCUT2D eigenvalue weighted by Crippen LogP contribution is 2.10. The molecule has 1 heterocycles. The maximum atomic E-state index is 8.64. The third-order valence-electron chi connectivity index (χ3n) is 2.17. The van der Waals surface area contributed by atoms with Crippen LogP contribution in [0.5, 0.6) is 0 Å². The van der Waals surface area contributed by atoms with Crippen molar-refractivity contribution in [2.45, 2.75) is 6.42 Å². The van der Waals surface area contributed by atoms with Crippen LogP contribution < -0.4 is 0 Å². The molecule has 0 saturated carbocycles. The number of hydrogen-bond acceptors (Lipinski definition) is 3. The van der Waals surface area contributed by atoms with E-state index in [4.69, 9.17) is 5.26 Å². The molecule has 0 spiro atoms. The number of nitrogens with zero attached hydrogens (tertiary/aromatic N) is 3. The summed E-state index contributed by atoms with van der Waals surface area (Å²) in [7, 11) is 0. The SMILES string of the molecule is [CH2]c1nn[nH]c1Cc1ccc(C#N)cc1. The van der Waals surface area contributed by atoms with Crippen molar-refractivity contribution in [1.82, 2.24) is 15.4 Å². The van der Waals surface area contributed by atoms with E-state index in [-0.39, 0.29) is 0 Å². The van der Waals surface area contributed by atoms with Crippen LogP contribution in [-0.4, -0.2) is 15.4 Å². The number of nitriles is 1. The van der Waals surface area contributed by atoms with Crippen molar-refractivity contribution in [1.29, 1.82) is 5.26 Å². The van der Waals surface area contributed by atoms with Crippen LogP contribution in [0.2, 0.25) is 0 Å². The Labute approximate surface area is 87.6 Å². The Bertz CT molecular complexity index is 490. The van der Waals surface area contributed by atoms with Gasteiger partial charge in [0.05, 0.1) is 23.0 Å². The molecule has 0 bridgehead atoms. The molecule has 0 aliphatic rings. The number of H-pyrrole nitrogens is 1. The number of aromatic nitrogens is 3. The van der Waals surface area contributed by atoms with Crippen molar-refractivity contribution >= 4 is 0 Å². The second kappa shape index (κ2) is 3.93. The number of rotatable bonds is 2. The first kappa shape index (κ1) is 9.41. The maximum absolute atomic E-state index is 8.64. The molecule has 73 valence electrons. The van der Waals surface area contributed by atoms with E-state index in [2.05, 4.69) is 28.4 Å². The fraction of sp³-hybridized carbons (Fsp3) is 0.0909. The van der Waals surface area contributed by atoms with Crippen LogP contribution in [0.25, 0.3) is 0 Å². The number of hydrogen-bond donors (Lipinski definition) is 1. The lowest BCUT2D eigenvalue weighted by Crippen LogP contribution is -1.91. The van der Waals surface area contributed by atoms with Gasteiger partial charge in [-0.15, -0.1) is 5.10 Å². The summed E-state index contributed by atoms with van der Waals surface area (Å²) in [5, 5.41) is 18.9. The molecular formula is C11H9N4. The van der Waals surface area contributed by atoms with Gasteiger partial charge in [-0.05, 0) is 24.6 Å². The first-order valence-electron chi connectivity index (χ1n) is 4.50. The van der Waals surface area contributed by atoms with Gasteiger partial charge in [-0.3, -0.25) is 5.10 Å².